The predicted molar refractivity (Wildman–Crippen MR) is 152 cm³/mol. The molecule has 1 atom stereocenters. The third kappa shape index (κ3) is 6.90. The Bertz CT molecular complexity index is 1570. The van der Waals surface area contributed by atoms with Crippen molar-refractivity contribution < 1.29 is 36.3 Å². The maximum absolute atomic E-state index is 14.1. The fourth-order valence-electron chi connectivity index (χ4n) is 4.53. The average molecular weight is 603 g/mol. The number of aryl methyl sites for hydroxylation is 2. The number of amides is 2. The number of benzene rings is 2. The van der Waals surface area contributed by atoms with Gasteiger partial charge in [-0.25, -0.2) is 17.8 Å². The zero-order valence-corrected chi connectivity index (χ0v) is 25.0. The Hall–Kier alpha value is -3.97. The van der Waals surface area contributed by atoms with Crippen molar-refractivity contribution in [2.24, 2.45) is 5.92 Å². The number of sulfonamides is 1. The van der Waals surface area contributed by atoms with E-state index < -0.39 is 40.2 Å². The van der Waals surface area contributed by atoms with E-state index in [0.717, 1.165) is 10.4 Å². The highest BCUT2D eigenvalue weighted by molar-refractivity contribution is 7.89. The Labute approximate surface area is 244 Å². The van der Waals surface area contributed by atoms with Crippen molar-refractivity contribution in [2.75, 3.05) is 26.8 Å². The molecular weight excluding hydrogens is 567 g/mol. The number of rotatable bonds is 4. The number of carbonyl (C=O) groups excluding carboxylic acids is 2. The summed E-state index contributed by atoms with van der Waals surface area (Å²) in [4.78, 5) is 30.6. The Morgan fingerprint density at radius 3 is 2.62 bits per heavy atom. The summed E-state index contributed by atoms with van der Waals surface area (Å²) >= 11 is 0. The number of aromatic nitrogens is 1. The van der Waals surface area contributed by atoms with E-state index in [9.17, 15) is 22.4 Å². The van der Waals surface area contributed by atoms with E-state index in [2.05, 4.69) is 15.6 Å². The van der Waals surface area contributed by atoms with Gasteiger partial charge in [-0.15, -0.1) is 0 Å². The molecule has 0 fully saturated rings. The van der Waals surface area contributed by atoms with E-state index in [1.165, 1.54) is 19.2 Å². The van der Waals surface area contributed by atoms with Gasteiger partial charge in [-0.2, -0.15) is 4.31 Å². The van der Waals surface area contributed by atoms with Crippen LogP contribution in [0.15, 0.2) is 45.7 Å². The lowest BCUT2D eigenvalue weighted by Gasteiger charge is -2.26. The van der Waals surface area contributed by atoms with Crippen LogP contribution in [0.25, 0.3) is 11.5 Å². The number of hydrogen-bond acceptors (Lipinski definition) is 8. The summed E-state index contributed by atoms with van der Waals surface area (Å²) in [6, 6.07) is 7.68. The summed E-state index contributed by atoms with van der Waals surface area (Å²) < 4.78 is 59.6. The highest BCUT2D eigenvalue weighted by Crippen LogP contribution is 2.33. The molecule has 2 N–H and O–H groups in total. The minimum absolute atomic E-state index is 0.0477. The molecule has 0 unspecified atom stereocenters. The molecule has 4 bridgehead atoms. The lowest BCUT2D eigenvalue weighted by molar-refractivity contribution is -0.130. The van der Waals surface area contributed by atoms with Crippen LogP contribution in [-0.4, -0.2) is 62.4 Å². The zero-order valence-electron chi connectivity index (χ0n) is 24.2. The molecule has 2 amide bonds. The van der Waals surface area contributed by atoms with E-state index in [1.54, 1.807) is 45.9 Å². The van der Waals surface area contributed by atoms with Crippen molar-refractivity contribution in [1.29, 1.82) is 0 Å². The van der Waals surface area contributed by atoms with Gasteiger partial charge in [0, 0.05) is 12.1 Å². The Balaban J connectivity index is 1.70. The number of nitrogens with one attached hydrogen (secondary N) is 2. The molecule has 4 rings (SSSR count). The molecule has 0 spiro atoms. The molecule has 1 aliphatic rings. The minimum Gasteiger partial charge on any atom is -0.493 e. The summed E-state index contributed by atoms with van der Waals surface area (Å²) in [5.74, 6) is -0.504. The van der Waals surface area contributed by atoms with Crippen molar-refractivity contribution in [2.45, 2.75) is 51.6 Å². The van der Waals surface area contributed by atoms with Gasteiger partial charge >= 0.3 is 0 Å². The van der Waals surface area contributed by atoms with Gasteiger partial charge in [0.25, 0.3) is 0 Å². The van der Waals surface area contributed by atoms with Crippen molar-refractivity contribution >= 4 is 21.8 Å². The van der Waals surface area contributed by atoms with Crippen LogP contribution in [0, 0.1) is 25.6 Å². The standard InChI is InChI=1S/C29H35FN4O7S/c1-17(2)27-28(36)31-15-22-19(4)41-29(32-22)20-8-10-23(39-5)24(13-20)40-12-6-11-34(16-26(35)33-27)42(37,38)25-14-21(30)9-7-18(25)3/h7-10,13-14,17,27H,6,11-12,15-16H2,1-5H3,(H,31,36)(H,33,35)/t27-/m0/s1. The quantitative estimate of drug-likeness (QED) is 0.464. The van der Waals surface area contributed by atoms with Gasteiger partial charge < -0.3 is 24.5 Å². The van der Waals surface area contributed by atoms with E-state index in [0.29, 0.717) is 40.0 Å². The molecule has 0 saturated heterocycles. The Morgan fingerprint density at radius 1 is 1.14 bits per heavy atom. The van der Waals surface area contributed by atoms with E-state index in [4.69, 9.17) is 13.9 Å². The first kappa shape index (κ1) is 31.0. The van der Waals surface area contributed by atoms with Gasteiger partial charge in [0.15, 0.2) is 11.5 Å². The molecule has 0 aliphatic carbocycles. The Kier molecular flexibility index (Phi) is 9.52. The summed E-state index contributed by atoms with van der Waals surface area (Å²) in [7, 11) is -2.80. The van der Waals surface area contributed by atoms with Gasteiger partial charge in [0.2, 0.25) is 27.7 Å². The van der Waals surface area contributed by atoms with Crippen LogP contribution in [-0.2, 0) is 26.2 Å². The second-order valence-corrected chi connectivity index (χ2v) is 12.3. The predicted octanol–water partition coefficient (Wildman–Crippen LogP) is 3.34. The summed E-state index contributed by atoms with van der Waals surface area (Å²) in [5.41, 5.74) is 1.46. The van der Waals surface area contributed by atoms with Crippen LogP contribution in [0.2, 0.25) is 0 Å². The molecule has 1 aromatic heterocycles. The smallest absolute Gasteiger partial charge is 0.243 e. The summed E-state index contributed by atoms with van der Waals surface area (Å²) in [5, 5.41) is 5.45. The lowest BCUT2D eigenvalue weighted by Crippen LogP contribution is -2.52. The second kappa shape index (κ2) is 12.9. The van der Waals surface area contributed by atoms with Crippen LogP contribution in [0.1, 0.15) is 37.3 Å². The van der Waals surface area contributed by atoms with Crippen LogP contribution in [0.3, 0.4) is 0 Å². The normalized spacial score (nSPS) is 17.5. The molecule has 0 saturated carbocycles. The molecule has 42 heavy (non-hydrogen) atoms. The highest BCUT2D eigenvalue weighted by Gasteiger charge is 2.31. The molecule has 11 nitrogen and oxygen atoms in total. The SMILES string of the molecule is COc1ccc2cc1OCCCN(S(=O)(=O)c1cc(F)ccc1C)CC(=O)N[C@@H](C(C)C)C(=O)NCc1nc-2oc1C. The minimum atomic E-state index is -4.29. The first-order chi connectivity index (χ1) is 19.9. The van der Waals surface area contributed by atoms with Gasteiger partial charge in [0.1, 0.15) is 23.3 Å². The van der Waals surface area contributed by atoms with E-state index in [1.807, 2.05) is 0 Å². The first-order valence-corrected chi connectivity index (χ1v) is 15.0. The second-order valence-electron chi connectivity index (χ2n) is 10.3. The third-order valence-electron chi connectivity index (χ3n) is 6.90. The molecule has 0 radical (unpaired) electrons. The summed E-state index contributed by atoms with van der Waals surface area (Å²) in [6.07, 6.45) is 0.185. The molecule has 13 heteroatoms. The van der Waals surface area contributed by atoms with E-state index in [-0.39, 0.29) is 36.9 Å². The number of fused-ring (bicyclic) bond motifs is 5. The molecule has 2 heterocycles. The molecule has 3 aromatic rings. The topological polar surface area (TPSA) is 140 Å². The number of nitrogens with zero attached hydrogens (tertiary/aromatic N) is 2. The van der Waals surface area contributed by atoms with Crippen LogP contribution >= 0.6 is 0 Å². The average Bonchev–Trinajstić information content (AvgIpc) is 3.32. The van der Waals surface area contributed by atoms with Crippen LogP contribution in [0.5, 0.6) is 11.5 Å². The largest absolute Gasteiger partial charge is 0.493 e. The highest BCUT2D eigenvalue weighted by atomic mass is 32.2. The maximum atomic E-state index is 14.1. The van der Waals surface area contributed by atoms with Gasteiger partial charge in [-0.3, -0.25) is 9.59 Å². The molecular formula is C29H35FN4O7S. The molecule has 226 valence electrons. The number of hydrogen-bond donors (Lipinski definition) is 2. The van der Waals surface area contributed by atoms with Crippen molar-refractivity contribution in [3.05, 3.63) is 59.2 Å². The summed E-state index contributed by atoms with van der Waals surface area (Å²) in [6.45, 7) is 6.23. The Morgan fingerprint density at radius 2 is 1.90 bits per heavy atom. The van der Waals surface area contributed by atoms with Crippen LogP contribution in [0.4, 0.5) is 4.39 Å². The number of oxazole rings is 1. The monoisotopic (exact) mass is 602 g/mol. The van der Waals surface area contributed by atoms with Crippen LogP contribution < -0.4 is 20.1 Å². The van der Waals surface area contributed by atoms with Gasteiger partial charge in [-0.05, 0) is 62.1 Å². The molecule has 1 aliphatic heterocycles. The fraction of sp³-hybridized carbons (Fsp3) is 0.414. The fourth-order valence-corrected chi connectivity index (χ4v) is 6.20. The molecule has 2 aromatic carbocycles. The zero-order chi connectivity index (χ0) is 30.6. The number of ether oxygens (including phenoxy) is 2. The van der Waals surface area contributed by atoms with Crippen molar-refractivity contribution in [3.8, 4) is 23.0 Å². The number of halogens is 1. The van der Waals surface area contributed by atoms with Crippen molar-refractivity contribution in [3.63, 3.8) is 0 Å². The number of methoxy groups -OCH3 is 1. The lowest BCUT2D eigenvalue weighted by atomic mass is 10.0. The van der Waals surface area contributed by atoms with Gasteiger partial charge in [-0.1, -0.05) is 19.9 Å². The van der Waals surface area contributed by atoms with Crippen molar-refractivity contribution in [1.82, 2.24) is 19.9 Å². The van der Waals surface area contributed by atoms with Gasteiger partial charge in [0.05, 0.1) is 31.7 Å². The van der Waals surface area contributed by atoms with E-state index >= 15 is 0 Å². The third-order valence-corrected chi connectivity index (χ3v) is 8.88. The maximum Gasteiger partial charge on any atom is 0.243 e. The first-order valence-electron chi connectivity index (χ1n) is 13.5. The number of carbonyl (C=O) groups is 2.